The van der Waals surface area contributed by atoms with E-state index in [0.29, 0.717) is 13.1 Å². The topological polar surface area (TPSA) is 75.4 Å². The predicted octanol–water partition coefficient (Wildman–Crippen LogP) is -0.763. The van der Waals surface area contributed by atoms with E-state index in [4.69, 9.17) is 5.73 Å². The second-order valence-corrected chi connectivity index (χ2v) is 4.50. The van der Waals surface area contributed by atoms with Gasteiger partial charge >= 0.3 is 0 Å². The maximum atomic E-state index is 11.8. The van der Waals surface area contributed by atoms with E-state index in [1.165, 1.54) is 6.08 Å². The van der Waals surface area contributed by atoms with Crippen molar-refractivity contribution in [2.24, 2.45) is 11.7 Å². The second kappa shape index (κ2) is 4.25. The average molecular weight is 223 g/mol. The first-order valence-corrected chi connectivity index (χ1v) is 5.59. The van der Waals surface area contributed by atoms with E-state index >= 15 is 0 Å². The molecule has 1 heterocycles. The smallest absolute Gasteiger partial charge is 0.243 e. The summed E-state index contributed by atoms with van der Waals surface area (Å²) in [4.78, 5) is 24.7. The molecule has 0 spiro atoms. The van der Waals surface area contributed by atoms with Crippen molar-refractivity contribution < 1.29 is 9.59 Å². The molecular formula is C11H17N3O2. The number of nitrogens with two attached hydrogens (primary N) is 1. The van der Waals surface area contributed by atoms with Crippen LogP contribution in [0.5, 0.6) is 0 Å². The minimum atomic E-state index is -0.235. The minimum absolute atomic E-state index is 0.145. The highest BCUT2D eigenvalue weighted by Gasteiger charge is 2.39. The fraction of sp³-hybridized carbons (Fsp3) is 0.636. The molecule has 0 radical (unpaired) electrons. The van der Waals surface area contributed by atoms with Crippen LogP contribution in [0.3, 0.4) is 0 Å². The molecule has 0 aromatic rings. The first-order valence-electron chi connectivity index (χ1n) is 5.59. The Bertz CT molecular complexity index is 325. The summed E-state index contributed by atoms with van der Waals surface area (Å²) in [7, 11) is 0. The quantitative estimate of drug-likeness (QED) is 0.617. The van der Waals surface area contributed by atoms with Crippen molar-refractivity contribution >= 4 is 11.8 Å². The van der Waals surface area contributed by atoms with Crippen LogP contribution in [0.25, 0.3) is 0 Å². The van der Waals surface area contributed by atoms with Crippen LogP contribution in [0.2, 0.25) is 0 Å². The number of carbonyl (C=O) groups is 2. The zero-order chi connectivity index (χ0) is 11.7. The third-order valence-electron chi connectivity index (χ3n) is 3.12. The molecule has 0 aromatic carbocycles. The van der Waals surface area contributed by atoms with E-state index in [1.54, 1.807) is 4.90 Å². The zero-order valence-corrected chi connectivity index (χ0v) is 9.19. The van der Waals surface area contributed by atoms with E-state index in [-0.39, 0.29) is 29.8 Å². The van der Waals surface area contributed by atoms with Crippen LogP contribution in [0.1, 0.15) is 12.8 Å². The van der Waals surface area contributed by atoms with Crippen LogP contribution in [-0.2, 0) is 9.59 Å². The van der Waals surface area contributed by atoms with Crippen LogP contribution in [0.4, 0.5) is 0 Å². The third-order valence-corrected chi connectivity index (χ3v) is 3.12. The van der Waals surface area contributed by atoms with Gasteiger partial charge in [0, 0.05) is 25.0 Å². The van der Waals surface area contributed by atoms with Crippen LogP contribution >= 0.6 is 0 Å². The summed E-state index contributed by atoms with van der Waals surface area (Å²) in [6.45, 7) is 4.45. The lowest BCUT2D eigenvalue weighted by Crippen LogP contribution is -2.46. The molecule has 2 aliphatic rings. The highest BCUT2D eigenvalue weighted by molar-refractivity contribution is 5.87. The van der Waals surface area contributed by atoms with Crippen molar-refractivity contribution in [2.45, 2.75) is 24.9 Å². The molecule has 88 valence electrons. The largest absolute Gasteiger partial charge is 0.346 e. The Morgan fingerprint density at radius 1 is 1.38 bits per heavy atom. The predicted molar refractivity (Wildman–Crippen MR) is 59.4 cm³/mol. The highest BCUT2D eigenvalue weighted by Crippen LogP contribution is 2.31. The fourth-order valence-electron chi connectivity index (χ4n) is 1.99. The minimum Gasteiger partial charge on any atom is -0.346 e. The second-order valence-electron chi connectivity index (χ2n) is 4.50. The van der Waals surface area contributed by atoms with E-state index in [1.807, 2.05) is 0 Å². The highest BCUT2D eigenvalue weighted by atomic mass is 16.2. The van der Waals surface area contributed by atoms with Crippen LogP contribution < -0.4 is 11.1 Å². The molecule has 3 N–H and O–H groups in total. The normalized spacial score (nSPS) is 28.9. The van der Waals surface area contributed by atoms with Crippen molar-refractivity contribution in [1.29, 1.82) is 0 Å². The third kappa shape index (κ3) is 2.24. The van der Waals surface area contributed by atoms with Crippen LogP contribution in [-0.4, -0.2) is 41.9 Å². The Kier molecular flexibility index (Phi) is 2.96. The Morgan fingerprint density at radius 2 is 2.06 bits per heavy atom. The van der Waals surface area contributed by atoms with Crippen LogP contribution in [0, 0.1) is 5.92 Å². The van der Waals surface area contributed by atoms with Gasteiger partial charge in [-0.1, -0.05) is 6.58 Å². The molecule has 1 saturated carbocycles. The molecule has 1 aliphatic heterocycles. The SMILES string of the molecule is C=CC(=O)NC1CN(C(=O)C2CC2)CC1N. The van der Waals surface area contributed by atoms with Gasteiger partial charge in [0.15, 0.2) is 0 Å². The summed E-state index contributed by atoms with van der Waals surface area (Å²) in [5.74, 6) is 0.160. The average Bonchev–Trinajstić information content (AvgIpc) is 3.04. The first kappa shape index (κ1) is 11.1. The van der Waals surface area contributed by atoms with Gasteiger partial charge in [0.25, 0.3) is 0 Å². The van der Waals surface area contributed by atoms with E-state index in [0.717, 1.165) is 12.8 Å². The van der Waals surface area contributed by atoms with Crippen molar-refractivity contribution in [3.05, 3.63) is 12.7 Å². The van der Waals surface area contributed by atoms with Crippen molar-refractivity contribution in [1.82, 2.24) is 10.2 Å². The van der Waals surface area contributed by atoms with Crippen molar-refractivity contribution in [3.63, 3.8) is 0 Å². The van der Waals surface area contributed by atoms with E-state index < -0.39 is 0 Å². The molecule has 1 saturated heterocycles. The van der Waals surface area contributed by atoms with Gasteiger partial charge in [-0.25, -0.2) is 0 Å². The molecular weight excluding hydrogens is 206 g/mol. The molecule has 0 aromatic heterocycles. The number of nitrogens with zero attached hydrogens (tertiary/aromatic N) is 1. The fourth-order valence-corrected chi connectivity index (χ4v) is 1.99. The standard InChI is InChI=1S/C11H17N3O2/c1-2-10(15)13-9-6-14(5-8(9)12)11(16)7-3-4-7/h2,7-9H,1,3-6,12H2,(H,13,15). The zero-order valence-electron chi connectivity index (χ0n) is 9.19. The molecule has 2 fully saturated rings. The molecule has 0 bridgehead atoms. The molecule has 2 rings (SSSR count). The van der Waals surface area contributed by atoms with E-state index in [9.17, 15) is 9.59 Å². The molecule has 2 unspecified atom stereocenters. The molecule has 2 atom stereocenters. The number of rotatable bonds is 3. The van der Waals surface area contributed by atoms with Crippen LogP contribution in [0.15, 0.2) is 12.7 Å². The number of likely N-dealkylation sites (tertiary alicyclic amines) is 1. The molecule has 2 amide bonds. The van der Waals surface area contributed by atoms with Gasteiger partial charge in [-0.05, 0) is 18.9 Å². The lowest BCUT2D eigenvalue weighted by atomic mass is 10.2. The summed E-state index contributed by atoms with van der Waals surface area (Å²) in [5, 5.41) is 2.75. The van der Waals surface area contributed by atoms with Gasteiger partial charge in [-0.15, -0.1) is 0 Å². The van der Waals surface area contributed by atoms with Gasteiger partial charge < -0.3 is 16.0 Å². The molecule has 5 nitrogen and oxygen atoms in total. The maximum Gasteiger partial charge on any atom is 0.243 e. The summed E-state index contributed by atoms with van der Waals surface area (Å²) >= 11 is 0. The number of carbonyl (C=O) groups excluding carboxylic acids is 2. The summed E-state index contributed by atoms with van der Waals surface area (Å²) < 4.78 is 0. The van der Waals surface area contributed by atoms with Gasteiger partial charge in [-0.2, -0.15) is 0 Å². The van der Waals surface area contributed by atoms with E-state index in [2.05, 4.69) is 11.9 Å². The summed E-state index contributed by atoms with van der Waals surface area (Å²) in [6, 6.07) is -0.320. The summed E-state index contributed by atoms with van der Waals surface area (Å²) in [6.07, 6.45) is 3.21. The lowest BCUT2D eigenvalue weighted by molar-refractivity contribution is -0.131. The van der Waals surface area contributed by atoms with Gasteiger partial charge in [0.05, 0.1) is 6.04 Å². The molecule has 5 heteroatoms. The van der Waals surface area contributed by atoms with Crippen molar-refractivity contribution in [2.75, 3.05) is 13.1 Å². The van der Waals surface area contributed by atoms with Gasteiger partial charge in [-0.3, -0.25) is 9.59 Å². The molecule has 16 heavy (non-hydrogen) atoms. The Balaban J connectivity index is 1.90. The van der Waals surface area contributed by atoms with Gasteiger partial charge in [0.2, 0.25) is 11.8 Å². The number of amides is 2. The Labute approximate surface area is 94.7 Å². The number of nitrogens with one attached hydrogen (secondary N) is 1. The lowest BCUT2D eigenvalue weighted by Gasteiger charge is -2.16. The monoisotopic (exact) mass is 223 g/mol. The number of hydrogen-bond donors (Lipinski definition) is 2. The van der Waals surface area contributed by atoms with Crippen molar-refractivity contribution in [3.8, 4) is 0 Å². The Morgan fingerprint density at radius 3 is 2.62 bits per heavy atom. The summed E-state index contributed by atoms with van der Waals surface area (Å²) in [5.41, 5.74) is 5.89. The first-order chi connectivity index (χ1) is 7.61. The molecule has 1 aliphatic carbocycles. The Hall–Kier alpha value is -1.36. The maximum absolute atomic E-state index is 11.8. The van der Waals surface area contributed by atoms with Gasteiger partial charge in [0.1, 0.15) is 0 Å². The number of hydrogen-bond acceptors (Lipinski definition) is 3.